The SMILES string of the molecule is CCc1cc(CC2CCCN2)c(C)cc1F. The highest BCUT2D eigenvalue weighted by atomic mass is 19.1. The summed E-state index contributed by atoms with van der Waals surface area (Å²) in [4.78, 5) is 0. The monoisotopic (exact) mass is 221 g/mol. The van der Waals surface area contributed by atoms with E-state index in [-0.39, 0.29) is 5.82 Å². The van der Waals surface area contributed by atoms with E-state index >= 15 is 0 Å². The van der Waals surface area contributed by atoms with Crippen LogP contribution in [0.3, 0.4) is 0 Å². The third-order valence-corrected chi connectivity index (χ3v) is 3.51. The van der Waals surface area contributed by atoms with Crippen LogP contribution in [0.15, 0.2) is 12.1 Å². The fourth-order valence-corrected chi connectivity index (χ4v) is 2.46. The minimum Gasteiger partial charge on any atom is -0.314 e. The molecule has 1 aliphatic rings. The number of rotatable bonds is 3. The number of hydrogen-bond acceptors (Lipinski definition) is 1. The fraction of sp³-hybridized carbons (Fsp3) is 0.571. The molecule has 0 aromatic heterocycles. The van der Waals surface area contributed by atoms with Crippen molar-refractivity contribution in [2.24, 2.45) is 0 Å². The van der Waals surface area contributed by atoms with Gasteiger partial charge in [0.25, 0.3) is 0 Å². The maximum absolute atomic E-state index is 13.5. The van der Waals surface area contributed by atoms with Gasteiger partial charge in [0, 0.05) is 6.04 Å². The summed E-state index contributed by atoms with van der Waals surface area (Å²) in [5, 5.41) is 3.49. The Morgan fingerprint density at radius 2 is 2.19 bits per heavy atom. The summed E-state index contributed by atoms with van der Waals surface area (Å²) in [6, 6.07) is 4.32. The van der Waals surface area contributed by atoms with Crippen LogP contribution in [0.5, 0.6) is 0 Å². The topological polar surface area (TPSA) is 12.0 Å². The molecule has 1 aliphatic heterocycles. The molecule has 0 bridgehead atoms. The Labute approximate surface area is 97.1 Å². The van der Waals surface area contributed by atoms with Crippen molar-refractivity contribution in [2.75, 3.05) is 6.54 Å². The molecule has 1 unspecified atom stereocenters. The predicted octanol–water partition coefficient (Wildman–Crippen LogP) is 2.99. The van der Waals surface area contributed by atoms with Gasteiger partial charge in [0.2, 0.25) is 0 Å². The van der Waals surface area contributed by atoms with E-state index < -0.39 is 0 Å². The smallest absolute Gasteiger partial charge is 0.126 e. The van der Waals surface area contributed by atoms with Gasteiger partial charge in [-0.15, -0.1) is 0 Å². The Kier molecular flexibility index (Phi) is 3.59. The summed E-state index contributed by atoms with van der Waals surface area (Å²) < 4.78 is 13.5. The number of nitrogens with one attached hydrogen (secondary N) is 1. The predicted molar refractivity (Wildman–Crippen MR) is 65.2 cm³/mol. The molecule has 0 amide bonds. The van der Waals surface area contributed by atoms with E-state index in [9.17, 15) is 4.39 Å². The Hall–Kier alpha value is -0.890. The lowest BCUT2D eigenvalue weighted by atomic mass is 9.97. The molecule has 1 N–H and O–H groups in total. The molecule has 1 saturated heterocycles. The molecule has 16 heavy (non-hydrogen) atoms. The molecule has 0 saturated carbocycles. The first-order chi connectivity index (χ1) is 7.70. The molecule has 2 rings (SSSR count). The molecule has 1 heterocycles. The Morgan fingerprint density at radius 1 is 1.38 bits per heavy atom. The summed E-state index contributed by atoms with van der Waals surface area (Å²) in [5.41, 5.74) is 3.24. The van der Waals surface area contributed by atoms with E-state index in [0.717, 1.165) is 30.5 Å². The maximum atomic E-state index is 13.5. The standard InChI is InChI=1S/C14H20FN/c1-3-11-8-12(10(2)7-14(11)15)9-13-5-4-6-16-13/h7-8,13,16H,3-6,9H2,1-2H3. The fourth-order valence-electron chi connectivity index (χ4n) is 2.46. The van der Waals surface area contributed by atoms with Crippen molar-refractivity contribution in [1.29, 1.82) is 0 Å². The summed E-state index contributed by atoms with van der Waals surface area (Å²) >= 11 is 0. The Balaban J connectivity index is 2.18. The highest BCUT2D eigenvalue weighted by molar-refractivity contribution is 5.33. The molecule has 2 heteroatoms. The van der Waals surface area contributed by atoms with Crippen molar-refractivity contribution in [2.45, 2.75) is 45.6 Å². The van der Waals surface area contributed by atoms with Crippen LogP contribution < -0.4 is 5.32 Å². The van der Waals surface area contributed by atoms with Crippen molar-refractivity contribution in [1.82, 2.24) is 5.32 Å². The van der Waals surface area contributed by atoms with Crippen LogP contribution in [0, 0.1) is 12.7 Å². The lowest BCUT2D eigenvalue weighted by Gasteiger charge is -2.14. The van der Waals surface area contributed by atoms with Gasteiger partial charge in [-0.1, -0.05) is 13.0 Å². The first-order valence-corrected chi connectivity index (χ1v) is 6.22. The highest BCUT2D eigenvalue weighted by Crippen LogP contribution is 2.20. The van der Waals surface area contributed by atoms with Crippen molar-refractivity contribution in [3.05, 3.63) is 34.6 Å². The minimum atomic E-state index is -0.0527. The number of benzene rings is 1. The van der Waals surface area contributed by atoms with E-state index in [2.05, 4.69) is 5.32 Å². The van der Waals surface area contributed by atoms with Crippen molar-refractivity contribution >= 4 is 0 Å². The van der Waals surface area contributed by atoms with Crippen LogP contribution >= 0.6 is 0 Å². The quantitative estimate of drug-likeness (QED) is 0.827. The summed E-state index contributed by atoms with van der Waals surface area (Å²) in [5.74, 6) is -0.0527. The molecular weight excluding hydrogens is 201 g/mol. The molecular formula is C14H20FN. The molecule has 1 aromatic carbocycles. The molecule has 1 atom stereocenters. The molecule has 0 radical (unpaired) electrons. The minimum absolute atomic E-state index is 0.0527. The van der Waals surface area contributed by atoms with Gasteiger partial charge < -0.3 is 5.32 Å². The summed E-state index contributed by atoms with van der Waals surface area (Å²) in [6.45, 7) is 5.14. The molecule has 1 aromatic rings. The van der Waals surface area contributed by atoms with Gasteiger partial charge in [0.05, 0.1) is 0 Å². The van der Waals surface area contributed by atoms with Gasteiger partial charge in [-0.3, -0.25) is 0 Å². The lowest BCUT2D eigenvalue weighted by Crippen LogP contribution is -2.24. The second-order valence-corrected chi connectivity index (χ2v) is 4.72. The largest absolute Gasteiger partial charge is 0.314 e. The van der Waals surface area contributed by atoms with Gasteiger partial charge in [-0.05, 0) is 61.9 Å². The average Bonchev–Trinajstić information content (AvgIpc) is 2.75. The van der Waals surface area contributed by atoms with E-state index in [1.54, 1.807) is 6.07 Å². The van der Waals surface area contributed by atoms with Crippen LogP contribution in [0.4, 0.5) is 4.39 Å². The first kappa shape index (κ1) is 11.6. The Morgan fingerprint density at radius 3 is 2.81 bits per heavy atom. The maximum Gasteiger partial charge on any atom is 0.126 e. The van der Waals surface area contributed by atoms with E-state index in [4.69, 9.17) is 0 Å². The van der Waals surface area contributed by atoms with Gasteiger partial charge >= 0.3 is 0 Å². The first-order valence-electron chi connectivity index (χ1n) is 6.22. The molecule has 1 nitrogen and oxygen atoms in total. The number of aryl methyl sites for hydroxylation is 2. The zero-order chi connectivity index (χ0) is 11.5. The normalized spacial score (nSPS) is 20.3. The summed E-state index contributed by atoms with van der Waals surface area (Å²) in [7, 11) is 0. The van der Waals surface area contributed by atoms with Crippen LogP contribution in [-0.4, -0.2) is 12.6 Å². The molecule has 0 spiro atoms. The summed E-state index contributed by atoms with van der Waals surface area (Å²) in [6.07, 6.45) is 4.33. The van der Waals surface area contributed by atoms with Gasteiger partial charge in [-0.25, -0.2) is 4.39 Å². The second kappa shape index (κ2) is 4.96. The number of hydrogen-bond donors (Lipinski definition) is 1. The third kappa shape index (κ3) is 2.43. The molecule has 1 fully saturated rings. The van der Waals surface area contributed by atoms with Gasteiger partial charge in [0.1, 0.15) is 5.82 Å². The molecule has 0 aliphatic carbocycles. The van der Waals surface area contributed by atoms with Gasteiger partial charge in [0.15, 0.2) is 0 Å². The van der Waals surface area contributed by atoms with Gasteiger partial charge in [-0.2, -0.15) is 0 Å². The average molecular weight is 221 g/mol. The Bertz CT molecular complexity index is 367. The van der Waals surface area contributed by atoms with Crippen molar-refractivity contribution in [3.8, 4) is 0 Å². The lowest BCUT2D eigenvalue weighted by molar-refractivity contribution is 0.591. The van der Waals surface area contributed by atoms with Crippen molar-refractivity contribution in [3.63, 3.8) is 0 Å². The van der Waals surface area contributed by atoms with E-state index in [1.807, 2.05) is 19.9 Å². The van der Waals surface area contributed by atoms with E-state index in [0.29, 0.717) is 6.04 Å². The zero-order valence-electron chi connectivity index (χ0n) is 10.1. The second-order valence-electron chi connectivity index (χ2n) is 4.72. The molecule has 88 valence electrons. The van der Waals surface area contributed by atoms with Crippen LogP contribution in [0.1, 0.15) is 36.5 Å². The number of halogens is 1. The highest BCUT2D eigenvalue weighted by Gasteiger charge is 2.16. The zero-order valence-corrected chi connectivity index (χ0v) is 10.1. The van der Waals surface area contributed by atoms with Crippen LogP contribution in [0.2, 0.25) is 0 Å². The van der Waals surface area contributed by atoms with Crippen LogP contribution in [0.25, 0.3) is 0 Å². The van der Waals surface area contributed by atoms with Crippen molar-refractivity contribution < 1.29 is 4.39 Å². The van der Waals surface area contributed by atoms with E-state index in [1.165, 1.54) is 18.4 Å². The third-order valence-electron chi connectivity index (χ3n) is 3.51. The van der Waals surface area contributed by atoms with Crippen LogP contribution in [-0.2, 0) is 12.8 Å².